The van der Waals surface area contributed by atoms with E-state index in [2.05, 4.69) is 30.8 Å². The van der Waals surface area contributed by atoms with Gasteiger partial charge in [-0.2, -0.15) is 0 Å². The van der Waals surface area contributed by atoms with Crippen molar-refractivity contribution in [3.8, 4) is 5.69 Å². The summed E-state index contributed by atoms with van der Waals surface area (Å²) in [6.45, 7) is 0.598. The fourth-order valence-electron chi connectivity index (χ4n) is 4.36. The largest absolute Gasteiger partial charge is 0.465 e. The van der Waals surface area contributed by atoms with Crippen molar-refractivity contribution in [2.75, 3.05) is 7.11 Å². The molecule has 1 N–H and O–H groups in total. The highest BCUT2D eigenvalue weighted by Gasteiger charge is 2.41. The number of carbonyl (C=O) groups is 1. The van der Waals surface area contributed by atoms with Crippen LogP contribution in [0.25, 0.3) is 5.69 Å². The number of nitrogens with one attached hydrogen (secondary N) is 1. The molecule has 4 aromatic rings. The summed E-state index contributed by atoms with van der Waals surface area (Å²) >= 11 is 5.79. The fourth-order valence-corrected chi connectivity index (χ4v) is 4.66. The summed E-state index contributed by atoms with van der Waals surface area (Å²) in [4.78, 5) is 23.2. The average molecular weight is 470 g/mol. The van der Waals surface area contributed by atoms with Gasteiger partial charge in [-0.1, -0.05) is 18.2 Å². The second-order valence-electron chi connectivity index (χ2n) is 7.96. The van der Waals surface area contributed by atoms with Gasteiger partial charge in [-0.05, 0) is 66.3 Å². The van der Waals surface area contributed by atoms with Crippen LogP contribution < -0.4 is 5.32 Å². The minimum Gasteiger partial charge on any atom is -0.465 e. The van der Waals surface area contributed by atoms with Gasteiger partial charge >= 0.3 is 5.97 Å². The van der Waals surface area contributed by atoms with E-state index < -0.39 is 0 Å². The summed E-state index contributed by atoms with van der Waals surface area (Å²) in [7, 11) is 1.38. The van der Waals surface area contributed by atoms with Crippen LogP contribution in [0.2, 0.25) is 0 Å². The molecule has 2 atom stereocenters. The molecule has 1 aliphatic rings. The minimum absolute atomic E-state index is 0.139. The number of benzene rings is 1. The number of thiocarbonyl (C=S) groups is 1. The number of methoxy groups -OCH3 is 1. The molecule has 170 valence electrons. The Morgan fingerprint density at radius 1 is 1.09 bits per heavy atom. The van der Waals surface area contributed by atoms with E-state index in [9.17, 15) is 4.79 Å². The summed E-state index contributed by atoms with van der Waals surface area (Å²) in [6, 6.07) is 21.0. The third-order valence-electron chi connectivity index (χ3n) is 5.90. The first kappa shape index (κ1) is 21.8. The lowest BCUT2D eigenvalue weighted by Crippen LogP contribution is -2.30. The monoisotopic (exact) mass is 469 g/mol. The van der Waals surface area contributed by atoms with Crippen molar-refractivity contribution in [2.24, 2.45) is 0 Å². The third-order valence-corrected chi connectivity index (χ3v) is 6.25. The molecule has 7 nitrogen and oxygen atoms in total. The normalized spacial score (nSPS) is 17.4. The minimum atomic E-state index is -0.371. The molecule has 8 heteroatoms. The summed E-state index contributed by atoms with van der Waals surface area (Å²) in [5.41, 5.74) is 4.34. The summed E-state index contributed by atoms with van der Waals surface area (Å²) < 4.78 is 7.00. The van der Waals surface area contributed by atoms with Crippen LogP contribution in [0.3, 0.4) is 0 Å². The Labute approximate surface area is 203 Å². The van der Waals surface area contributed by atoms with Crippen LogP contribution in [-0.2, 0) is 11.3 Å². The van der Waals surface area contributed by atoms with Crippen LogP contribution in [0, 0.1) is 0 Å². The van der Waals surface area contributed by atoms with E-state index in [0.717, 1.165) is 22.6 Å². The van der Waals surface area contributed by atoms with Gasteiger partial charge in [0.15, 0.2) is 5.11 Å². The Balaban J connectivity index is 1.59. The van der Waals surface area contributed by atoms with E-state index in [1.54, 1.807) is 18.5 Å². The van der Waals surface area contributed by atoms with Gasteiger partial charge in [-0.25, -0.2) is 4.79 Å². The number of rotatable bonds is 6. The molecule has 3 aromatic heterocycles. The lowest BCUT2D eigenvalue weighted by Gasteiger charge is -2.29. The predicted octanol–water partition coefficient (Wildman–Crippen LogP) is 4.23. The van der Waals surface area contributed by atoms with Crippen molar-refractivity contribution in [3.05, 3.63) is 114 Å². The number of carbonyl (C=O) groups excluding carboxylic acids is 1. The first-order chi connectivity index (χ1) is 16.7. The van der Waals surface area contributed by atoms with Crippen LogP contribution in [-0.4, -0.2) is 37.6 Å². The molecule has 1 saturated heterocycles. The van der Waals surface area contributed by atoms with Crippen LogP contribution in [0.5, 0.6) is 0 Å². The summed E-state index contributed by atoms with van der Waals surface area (Å²) in [5.74, 6) is -0.371. The van der Waals surface area contributed by atoms with Gasteiger partial charge in [0.2, 0.25) is 0 Å². The number of ether oxygens (including phenoxy) is 1. The van der Waals surface area contributed by atoms with Gasteiger partial charge in [0.1, 0.15) is 0 Å². The smallest absolute Gasteiger partial charge is 0.337 e. The lowest BCUT2D eigenvalue weighted by molar-refractivity contribution is 0.0600. The number of esters is 1. The maximum atomic E-state index is 12.1. The zero-order chi connectivity index (χ0) is 23.5. The molecule has 0 aliphatic carbocycles. The molecule has 0 amide bonds. The second-order valence-corrected chi connectivity index (χ2v) is 8.35. The second kappa shape index (κ2) is 9.44. The molecule has 0 spiro atoms. The van der Waals surface area contributed by atoms with E-state index in [1.165, 1.54) is 7.11 Å². The number of hydrogen-bond acceptors (Lipinski definition) is 5. The highest BCUT2D eigenvalue weighted by atomic mass is 32.1. The number of aromatic nitrogens is 3. The zero-order valence-electron chi connectivity index (χ0n) is 18.5. The highest BCUT2D eigenvalue weighted by Crippen LogP contribution is 2.40. The van der Waals surface area contributed by atoms with Crippen molar-refractivity contribution >= 4 is 23.3 Å². The molecule has 34 heavy (non-hydrogen) atoms. The molecule has 1 aromatic carbocycles. The van der Waals surface area contributed by atoms with E-state index in [4.69, 9.17) is 17.0 Å². The van der Waals surface area contributed by atoms with E-state index in [-0.39, 0.29) is 18.1 Å². The fraction of sp³-hybridized carbons (Fsp3) is 0.154. The standard InChI is InChI=1S/C26H23N5O2S/c1-33-25(32)19-8-4-9-20(15-19)30-14-6-11-22(30)24-23(21-10-2-3-13-28-21)29-26(34)31(24)17-18-7-5-12-27-16-18/h2-16,23-24H,17H2,1H3,(H,29,34)/t23-,24+/m1/s1. The molecular formula is C26H23N5O2S. The van der Waals surface area contributed by atoms with Crippen molar-refractivity contribution in [3.63, 3.8) is 0 Å². The predicted molar refractivity (Wildman–Crippen MR) is 132 cm³/mol. The van der Waals surface area contributed by atoms with Crippen molar-refractivity contribution in [1.82, 2.24) is 24.8 Å². The van der Waals surface area contributed by atoms with Gasteiger partial charge in [-0.3, -0.25) is 9.97 Å². The topological polar surface area (TPSA) is 72.3 Å². The first-order valence-corrected chi connectivity index (χ1v) is 11.3. The zero-order valence-corrected chi connectivity index (χ0v) is 19.4. The van der Waals surface area contributed by atoms with E-state index >= 15 is 0 Å². The Kier molecular flexibility index (Phi) is 6.05. The maximum absolute atomic E-state index is 12.1. The number of pyridine rings is 2. The Hall–Kier alpha value is -4.04. The number of hydrogen-bond donors (Lipinski definition) is 1. The van der Waals surface area contributed by atoms with Crippen LogP contribution in [0.15, 0.2) is 91.5 Å². The molecular weight excluding hydrogens is 446 g/mol. The summed E-state index contributed by atoms with van der Waals surface area (Å²) in [5, 5.41) is 4.14. The third kappa shape index (κ3) is 4.15. The Morgan fingerprint density at radius 2 is 2.00 bits per heavy atom. The molecule has 1 fully saturated rings. The molecule has 1 aliphatic heterocycles. The SMILES string of the molecule is COC(=O)c1cccc(-n2cccc2[C@H]2[C@@H](c3ccccn3)NC(=S)N2Cc2cccnc2)c1. The van der Waals surface area contributed by atoms with Crippen LogP contribution in [0.1, 0.15) is 39.4 Å². The Morgan fingerprint density at radius 3 is 2.76 bits per heavy atom. The van der Waals surface area contributed by atoms with Crippen molar-refractivity contribution < 1.29 is 9.53 Å². The molecule has 0 unspecified atom stereocenters. The molecule has 0 bridgehead atoms. The van der Waals surface area contributed by atoms with Gasteiger partial charge in [0.25, 0.3) is 0 Å². The average Bonchev–Trinajstić information content (AvgIpc) is 3.49. The van der Waals surface area contributed by atoms with Crippen LogP contribution in [0.4, 0.5) is 0 Å². The molecule has 5 rings (SSSR count). The molecule has 0 saturated carbocycles. The Bertz CT molecular complexity index is 1310. The van der Waals surface area contributed by atoms with Gasteiger partial charge in [-0.15, -0.1) is 0 Å². The highest BCUT2D eigenvalue weighted by molar-refractivity contribution is 7.80. The molecule has 0 radical (unpaired) electrons. The lowest BCUT2D eigenvalue weighted by atomic mass is 10.0. The van der Waals surface area contributed by atoms with E-state index in [1.807, 2.05) is 67.0 Å². The maximum Gasteiger partial charge on any atom is 0.337 e. The van der Waals surface area contributed by atoms with Gasteiger partial charge in [0.05, 0.1) is 30.5 Å². The van der Waals surface area contributed by atoms with Gasteiger partial charge < -0.3 is 19.5 Å². The van der Waals surface area contributed by atoms with Gasteiger partial charge in [0, 0.05) is 42.7 Å². The quantitative estimate of drug-likeness (QED) is 0.335. The summed E-state index contributed by atoms with van der Waals surface area (Å²) in [6.07, 6.45) is 7.40. The van der Waals surface area contributed by atoms with E-state index in [0.29, 0.717) is 17.2 Å². The number of nitrogens with zero attached hydrogens (tertiary/aromatic N) is 4. The van der Waals surface area contributed by atoms with Crippen molar-refractivity contribution in [2.45, 2.75) is 18.6 Å². The first-order valence-electron chi connectivity index (χ1n) is 10.9. The molecule has 4 heterocycles. The van der Waals surface area contributed by atoms with Crippen molar-refractivity contribution in [1.29, 1.82) is 0 Å². The van der Waals surface area contributed by atoms with Crippen LogP contribution >= 0.6 is 12.2 Å².